The van der Waals surface area contributed by atoms with Gasteiger partial charge in [0, 0.05) is 6.54 Å². The highest BCUT2D eigenvalue weighted by molar-refractivity contribution is 9.10. The quantitative estimate of drug-likeness (QED) is 0.820. The van der Waals surface area contributed by atoms with Gasteiger partial charge in [0.05, 0.1) is 11.9 Å². The predicted octanol–water partition coefficient (Wildman–Crippen LogP) is 0.883. The first-order valence-electron chi connectivity index (χ1n) is 3.51. The van der Waals surface area contributed by atoms with E-state index in [0.717, 1.165) is 5.69 Å². The van der Waals surface area contributed by atoms with Gasteiger partial charge in [-0.05, 0) is 30.0 Å². The lowest BCUT2D eigenvalue weighted by Crippen LogP contribution is -2.14. The molecule has 12 heavy (non-hydrogen) atoms. The van der Waals surface area contributed by atoms with Crippen molar-refractivity contribution in [3.05, 3.63) is 16.5 Å². The van der Waals surface area contributed by atoms with E-state index in [2.05, 4.69) is 25.9 Å². The van der Waals surface area contributed by atoms with E-state index >= 15 is 0 Å². The Kier molecular flexibility index (Phi) is 2.99. The minimum Gasteiger partial charge on any atom is -0.382 e. The fourth-order valence-electron chi connectivity index (χ4n) is 0.827. The molecule has 66 valence electrons. The monoisotopic (exact) mass is 230 g/mol. The van der Waals surface area contributed by atoms with Crippen LogP contribution in [0.3, 0.4) is 0 Å². The maximum absolute atomic E-state index is 5.64. The number of anilines is 1. The molecule has 2 N–H and O–H groups in total. The summed E-state index contributed by atoms with van der Waals surface area (Å²) in [6.07, 6.45) is 1.65. The van der Waals surface area contributed by atoms with Gasteiger partial charge in [0.1, 0.15) is 10.4 Å². The van der Waals surface area contributed by atoms with Crippen molar-refractivity contribution < 1.29 is 0 Å². The van der Waals surface area contributed by atoms with Gasteiger partial charge in [-0.2, -0.15) is 0 Å². The van der Waals surface area contributed by atoms with Gasteiger partial charge in [-0.15, -0.1) is 0 Å². The van der Waals surface area contributed by atoms with Crippen LogP contribution in [-0.2, 0) is 6.54 Å². The lowest BCUT2D eigenvalue weighted by Gasteiger charge is -2.09. The molecular formula is C7H11BrN4. The number of nitrogens with zero attached hydrogens (tertiary/aromatic N) is 3. The predicted molar refractivity (Wildman–Crippen MR) is 51.5 cm³/mol. The second-order valence-electron chi connectivity index (χ2n) is 2.76. The third-order valence-electron chi connectivity index (χ3n) is 1.32. The van der Waals surface area contributed by atoms with Gasteiger partial charge in [-0.1, -0.05) is 0 Å². The molecule has 0 saturated carbocycles. The van der Waals surface area contributed by atoms with Gasteiger partial charge in [-0.25, -0.2) is 4.98 Å². The summed E-state index contributed by atoms with van der Waals surface area (Å²) in [5.41, 5.74) is 6.45. The fourth-order valence-corrected chi connectivity index (χ4v) is 1.12. The second-order valence-corrected chi connectivity index (χ2v) is 3.57. The maximum Gasteiger partial charge on any atom is 0.147 e. The van der Waals surface area contributed by atoms with E-state index in [4.69, 9.17) is 5.73 Å². The number of rotatable bonds is 2. The Labute approximate surface area is 79.9 Å². The highest BCUT2D eigenvalue weighted by Crippen LogP contribution is 2.11. The largest absolute Gasteiger partial charge is 0.382 e. The zero-order valence-corrected chi connectivity index (χ0v) is 8.67. The van der Waals surface area contributed by atoms with E-state index in [1.165, 1.54) is 0 Å². The molecule has 0 fully saturated rings. The van der Waals surface area contributed by atoms with E-state index in [1.54, 1.807) is 6.20 Å². The molecule has 0 radical (unpaired) electrons. The summed E-state index contributed by atoms with van der Waals surface area (Å²) >= 11 is 3.20. The van der Waals surface area contributed by atoms with Crippen molar-refractivity contribution in [3.63, 3.8) is 0 Å². The number of nitrogen functional groups attached to an aromatic ring is 1. The maximum atomic E-state index is 5.64. The third kappa shape index (κ3) is 2.42. The van der Waals surface area contributed by atoms with Crippen molar-refractivity contribution in [2.75, 3.05) is 19.8 Å². The molecule has 1 aromatic rings. The fraction of sp³-hybridized carbons (Fsp3) is 0.429. The molecule has 0 aliphatic carbocycles. The van der Waals surface area contributed by atoms with Crippen molar-refractivity contribution >= 4 is 21.7 Å². The highest BCUT2D eigenvalue weighted by Gasteiger charge is 2.03. The van der Waals surface area contributed by atoms with Gasteiger partial charge in [0.25, 0.3) is 0 Å². The average molecular weight is 231 g/mol. The normalized spacial score (nSPS) is 10.7. The molecule has 4 nitrogen and oxygen atoms in total. The van der Waals surface area contributed by atoms with Crippen molar-refractivity contribution in [1.29, 1.82) is 0 Å². The minimum atomic E-state index is 0.484. The van der Waals surface area contributed by atoms with Gasteiger partial charge >= 0.3 is 0 Å². The molecule has 0 saturated heterocycles. The van der Waals surface area contributed by atoms with Gasteiger partial charge < -0.3 is 10.6 Å². The summed E-state index contributed by atoms with van der Waals surface area (Å²) in [7, 11) is 3.92. The van der Waals surface area contributed by atoms with Crippen molar-refractivity contribution in [1.82, 2.24) is 14.9 Å². The number of hydrogen-bond donors (Lipinski definition) is 1. The Bertz CT molecular complexity index is 274. The third-order valence-corrected chi connectivity index (χ3v) is 1.70. The molecule has 0 amide bonds. The summed E-state index contributed by atoms with van der Waals surface area (Å²) in [5.74, 6) is 0.484. The molecule has 0 bridgehead atoms. The minimum absolute atomic E-state index is 0.484. The molecule has 0 atom stereocenters. The summed E-state index contributed by atoms with van der Waals surface area (Å²) < 4.78 is 0.669. The topological polar surface area (TPSA) is 55.0 Å². The molecular weight excluding hydrogens is 220 g/mol. The van der Waals surface area contributed by atoms with Crippen LogP contribution in [0.25, 0.3) is 0 Å². The van der Waals surface area contributed by atoms with E-state index in [1.807, 2.05) is 19.0 Å². The summed E-state index contributed by atoms with van der Waals surface area (Å²) in [6.45, 7) is 0.714. The van der Waals surface area contributed by atoms with E-state index in [0.29, 0.717) is 17.0 Å². The Hall–Kier alpha value is -0.680. The molecule has 5 heteroatoms. The Morgan fingerprint density at radius 3 is 2.75 bits per heavy atom. The van der Waals surface area contributed by atoms with Crippen LogP contribution in [0.1, 0.15) is 5.69 Å². The van der Waals surface area contributed by atoms with Gasteiger partial charge in [-0.3, -0.25) is 4.98 Å². The van der Waals surface area contributed by atoms with Crippen LogP contribution in [0.5, 0.6) is 0 Å². The molecule has 0 aliphatic heterocycles. The van der Waals surface area contributed by atoms with E-state index in [-0.39, 0.29) is 0 Å². The van der Waals surface area contributed by atoms with Crippen molar-refractivity contribution in [2.45, 2.75) is 6.54 Å². The van der Waals surface area contributed by atoms with Crippen LogP contribution in [0.2, 0.25) is 0 Å². The van der Waals surface area contributed by atoms with E-state index < -0.39 is 0 Å². The van der Waals surface area contributed by atoms with Gasteiger partial charge in [0.15, 0.2) is 0 Å². The Morgan fingerprint density at radius 2 is 2.25 bits per heavy atom. The first-order chi connectivity index (χ1) is 5.59. The SMILES string of the molecule is CN(C)Cc1ncc(Br)nc1N. The average Bonchev–Trinajstić information content (AvgIpc) is 1.94. The van der Waals surface area contributed by atoms with Crippen molar-refractivity contribution in [3.8, 4) is 0 Å². The molecule has 1 aromatic heterocycles. The number of nitrogens with two attached hydrogens (primary N) is 1. The zero-order valence-electron chi connectivity index (χ0n) is 7.08. The Morgan fingerprint density at radius 1 is 1.58 bits per heavy atom. The molecule has 0 spiro atoms. The standard InChI is InChI=1S/C7H11BrN4/c1-12(2)4-5-7(9)11-6(8)3-10-5/h3H,4H2,1-2H3,(H2,9,11). The van der Waals surface area contributed by atoms with Crippen LogP contribution in [0.15, 0.2) is 10.8 Å². The van der Waals surface area contributed by atoms with Gasteiger partial charge in [0.2, 0.25) is 0 Å². The molecule has 0 unspecified atom stereocenters. The molecule has 0 aromatic carbocycles. The summed E-state index contributed by atoms with van der Waals surface area (Å²) in [6, 6.07) is 0. The molecule has 1 heterocycles. The number of hydrogen-bond acceptors (Lipinski definition) is 4. The lowest BCUT2D eigenvalue weighted by molar-refractivity contribution is 0.397. The highest BCUT2D eigenvalue weighted by atomic mass is 79.9. The smallest absolute Gasteiger partial charge is 0.147 e. The Balaban J connectivity index is 2.86. The number of halogens is 1. The second kappa shape index (κ2) is 3.82. The first-order valence-corrected chi connectivity index (χ1v) is 4.30. The van der Waals surface area contributed by atoms with Crippen LogP contribution in [0.4, 0.5) is 5.82 Å². The first kappa shape index (κ1) is 9.41. The number of aromatic nitrogens is 2. The van der Waals surface area contributed by atoms with Crippen LogP contribution in [0, 0.1) is 0 Å². The van der Waals surface area contributed by atoms with Crippen molar-refractivity contribution in [2.24, 2.45) is 0 Å². The lowest BCUT2D eigenvalue weighted by atomic mass is 10.4. The summed E-state index contributed by atoms with van der Waals surface area (Å²) in [4.78, 5) is 10.2. The van der Waals surface area contributed by atoms with Crippen LogP contribution < -0.4 is 5.73 Å². The van der Waals surface area contributed by atoms with E-state index in [9.17, 15) is 0 Å². The molecule has 0 aliphatic rings. The molecule has 1 rings (SSSR count). The van der Waals surface area contributed by atoms with Crippen LogP contribution in [-0.4, -0.2) is 29.0 Å². The van der Waals surface area contributed by atoms with Crippen LogP contribution >= 0.6 is 15.9 Å². The zero-order chi connectivity index (χ0) is 9.14. The summed E-state index contributed by atoms with van der Waals surface area (Å²) in [5, 5.41) is 0.